The Kier molecular flexibility index (Phi) is 5.23. The minimum Gasteiger partial charge on any atom is -0.598 e. The molecule has 0 aliphatic rings. The van der Waals surface area contributed by atoms with Gasteiger partial charge in [0.15, 0.2) is 0 Å². The molecule has 0 saturated heterocycles. The first kappa shape index (κ1) is 10.9. The minimum atomic E-state index is -1.00. The van der Waals surface area contributed by atoms with Crippen molar-refractivity contribution < 1.29 is 4.55 Å². The van der Waals surface area contributed by atoms with Gasteiger partial charge in [-0.1, -0.05) is 30.3 Å². The van der Waals surface area contributed by atoms with Crippen molar-refractivity contribution in [1.82, 2.24) is 4.72 Å². The second-order valence-corrected chi connectivity index (χ2v) is 4.31. The molecule has 0 radical (unpaired) electrons. The van der Waals surface area contributed by atoms with Gasteiger partial charge in [0, 0.05) is 11.4 Å². The molecule has 0 aliphatic carbocycles. The molecule has 72 valence electrons. The first-order valence-electron chi connectivity index (χ1n) is 4.04. The van der Waals surface area contributed by atoms with Crippen LogP contribution in [0.1, 0.15) is 5.56 Å². The molecule has 0 amide bonds. The van der Waals surface area contributed by atoms with Crippen LogP contribution in [-0.4, -0.2) is 16.2 Å². The largest absolute Gasteiger partial charge is 0.598 e. The molecule has 1 N–H and O–H groups in total. The standard InChI is InChI=1S/C9H12ClNOS/c10-6-7-13(12)11-8-9-4-2-1-3-5-9/h1-5,11H,6-8H2. The average molecular weight is 218 g/mol. The zero-order valence-electron chi connectivity index (χ0n) is 7.20. The van der Waals surface area contributed by atoms with Crippen molar-refractivity contribution in [2.75, 3.05) is 11.6 Å². The normalized spacial score (nSPS) is 12.8. The van der Waals surface area contributed by atoms with Gasteiger partial charge in [-0.2, -0.15) is 0 Å². The van der Waals surface area contributed by atoms with Crippen LogP contribution in [0, 0.1) is 0 Å². The predicted octanol–water partition coefficient (Wildman–Crippen LogP) is 1.68. The molecule has 0 spiro atoms. The third-order valence-corrected chi connectivity index (χ3v) is 3.00. The number of benzene rings is 1. The van der Waals surface area contributed by atoms with E-state index < -0.39 is 11.4 Å². The highest BCUT2D eigenvalue weighted by Gasteiger charge is 2.03. The summed E-state index contributed by atoms with van der Waals surface area (Å²) in [6.45, 7) is 0.629. The Bertz CT molecular complexity index is 232. The fourth-order valence-electron chi connectivity index (χ4n) is 0.902. The van der Waals surface area contributed by atoms with Crippen LogP contribution in [-0.2, 0) is 17.9 Å². The molecule has 0 fully saturated rings. The highest BCUT2D eigenvalue weighted by atomic mass is 35.5. The summed E-state index contributed by atoms with van der Waals surface area (Å²) >= 11 is 4.44. The van der Waals surface area contributed by atoms with Crippen LogP contribution in [0.3, 0.4) is 0 Å². The van der Waals surface area contributed by atoms with Crippen LogP contribution in [0.15, 0.2) is 30.3 Å². The van der Waals surface area contributed by atoms with Crippen molar-refractivity contribution in [1.29, 1.82) is 0 Å². The maximum Gasteiger partial charge on any atom is 0.139 e. The van der Waals surface area contributed by atoms with Crippen LogP contribution in [0.5, 0.6) is 0 Å². The van der Waals surface area contributed by atoms with Crippen molar-refractivity contribution in [3.05, 3.63) is 35.9 Å². The predicted molar refractivity (Wildman–Crippen MR) is 57.0 cm³/mol. The minimum absolute atomic E-state index is 0.425. The number of nitrogens with one attached hydrogen (secondary N) is 1. The second kappa shape index (κ2) is 6.27. The molecule has 0 aliphatic heterocycles. The number of rotatable bonds is 5. The second-order valence-electron chi connectivity index (χ2n) is 2.55. The first-order chi connectivity index (χ1) is 6.33. The quantitative estimate of drug-likeness (QED) is 0.602. The van der Waals surface area contributed by atoms with Crippen LogP contribution in [0.25, 0.3) is 0 Å². The molecular formula is C9H12ClNOS. The number of hydrogen-bond acceptors (Lipinski definition) is 2. The van der Waals surface area contributed by atoms with Crippen LogP contribution in [0.2, 0.25) is 0 Å². The highest BCUT2D eigenvalue weighted by Crippen LogP contribution is 1.98. The number of hydrogen-bond donors (Lipinski definition) is 1. The third-order valence-electron chi connectivity index (χ3n) is 1.54. The number of alkyl halides is 1. The van der Waals surface area contributed by atoms with Gasteiger partial charge in [-0.3, -0.25) is 0 Å². The van der Waals surface area contributed by atoms with Gasteiger partial charge in [-0.15, -0.1) is 16.3 Å². The molecule has 1 aromatic carbocycles. The van der Waals surface area contributed by atoms with Gasteiger partial charge in [0.25, 0.3) is 0 Å². The third kappa shape index (κ3) is 4.52. The average Bonchev–Trinajstić information content (AvgIpc) is 2.17. The van der Waals surface area contributed by atoms with Gasteiger partial charge in [0.2, 0.25) is 0 Å². The van der Waals surface area contributed by atoms with E-state index >= 15 is 0 Å². The van der Waals surface area contributed by atoms with Crippen molar-refractivity contribution in [3.63, 3.8) is 0 Å². The molecular weight excluding hydrogens is 206 g/mol. The van der Waals surface area contributed by atoms with Gasteiger partial charge in [-0.05, 0) is 5.56 Å². The van der Waals surface area contributed by atoms with Crippen molar-refractivity contribution in [3.8, 4) is 0 Å². The van der Waals surface area contributed by atoms with E-state index in [4.69, 9.17) is 11.6 Å². The van der Waals surface area contributed by atoms with Gasteiger partial charge in [-0.25, -0.2) is 0 Å². The Hall–Kier alpha value is -0.220. The lowest BCUT2D eigenvalue weighted by Gasteiger charge is -2.09. The van der Waals surface area contributed by atoms with Gasteiger partial charge in [0.1, 0.15) is 5.75 Å². The number of halogens is 1. The van der Waals surface area contributed by atoms with E-state index in [9.17, 15) is 4.55 Å². The van der Waals surface area contributed by atoms with Gasteiger partial charge < -0.3 is 4.55 Å². The zero-order chi connectivity index (χ0) is 9.52. The Morgan fingerprint density at radius 3 is 2.62 bits per heavy atom. The lowest BCUT2D eigenvalue weighted by Crippen LogP contribution is -2.26. The monoisotopic (exact) mass is 217 g/mol. The molecule has 0 saturated carbocycles. The molecule has 0 aromatic heterocycles. The molecule has 1 rings (SSSR count). The Morgan fingerprint density at radius 1 is 1.31 bits per heavy atom. The maximum absolute atomic E-state index is 11.1. The van der Waals surface area contributed by atoms with Gasteiger partial charge in [0.05, 0.1) is 12.4 Å². The van der Waals surface area contributed by atoms with E-state index in [2.05, 4.69) is 4.72 Å². The molecule has 2 nitrogen and oxygen atoms in total. The summed E-state index contributed by atoms with van der Waals surface area (Å²) in [4.78, 5) is 0. The molecule has 13 heavy (non-hydrogen) atoms. The molecule has 1 unspecified atom stereocenters. The van der Waals surface area contributed by atoms with E-state index in [1.165, 1.54) is 0 Å². The summed E-state index contributed by atoms with van der Waals surface area (Å²) in [5.41, 5.74) is 1.13. The van der Waals surface area contributed by atoms with Crippen molar-refractivity contribution in [2.45, 2.75) is 6.54 Å². The summed E-state index contributed by atoms with van der Waals surface area (Å²) in [7, 11) is 0. The van der Waals surface area contributed by atoms with Crippen molar-refractivity contribution in [2.24, 2.45) is 0 Å². The fraction of sp³-hybridized carbons (Fsp3) is 0.333. The van der Waals surface area contributed by atoms with E-state index in [1.54, 1.807) is 0 Å². The molecule has 1 atom stereocenters. The summed E-state index contributed by atoms with van der Waals surface area (Å²) in [5.74, 6) is 0.919. The Labute approximate surface area is 86.6 Å². The van der Waals surface area contributed by atoms with E-state index in [1.807, 2.05) is 30.3 Å². The molecule has 0 heterocycles. The zero-order valence-corrected chi connectivity index (χ0v) is 8.77. The molecule has 1 aromatic rings. The lowest BCUT2D eigenvalue weighted by atomic mass is 10.2. The fourth-order valence-corrected chi connectivity index (χ4v) is 1.93. The van der Waals surface area contributed by atoms with E-state index in [-0.39, 0.29) is 0 Å². The van der Waals surface area contributed by atoms with Crippen LogP contribution >= 0.6 is 11.6 Å². The Morgan fingerprint density at radius 2 is 2.00 bits per heavy atom. The highest BCUT2D eigenvalue weighted by molar-refractivity contribution is 7.89. The summed E-state index contributed by atoms with van der Waals surface area (Å²) in [5, 5.41) is 0. The summed E-state index contributed by atoms with van der Waals surface area (Å²) in [6, 6.07) is 9.86. The topological polar surface area (TPSA) is 35.1 Å². The Balaban J connectivity index is 2.27. The van der Waals surface area contributed by atoms with Crippen LogP contribution < -0.4 is 4.72 Å². The van der Waals surface area contributed by atoms with E-state index in [0.717, 1.165) is 5.56 Å². The van der Waals surface area contributed by atoms with Gasteiger partial charge >= 0.3 is 0 Å². The molecule has 0 bridgehead atoms. The van der Waals surface area contributed by atoms with E-state index in [0.29, 0.717) is 18.2 Å². The SMILES string of the molecule is [O-][S+](CCCl)NCc1ccccc1. The summed E-state index contributed by atoms with van der Waals surface area (Å²) < 4.78 is 14.0. The molecule has 4 heteroatoms. The first-order valence-corrected chi connectivity index (χ1v) is 5.90. The van der Waals surface area contributed by atoms with Crippen LogP contribution in [0.4, 0.5) is 0 Å². The maximum atomic E-state index is 11.1. The summed E-state index contributed by atoms with van der Waals surface area (Å²) in [6.07, 6.45) is 0. The van der Waals surface area contributed by atoms with Crippen molar-refractivity contribution >= 4 is 23.0 Å². The smallest absolute Gasteiger partial charge is 0.139 e. The lowest BCUT2D eigenvalue weighted by molar-refractivity contribution is 0.582.